The van der Waals surface area contributed by atoms with Crippen molar-refractivity contribution in [3.05, 3.63) is 23.9 Å². The standard InChI is InChI=1S/C16H20N2O4/c1-4-16(5-2)14(19)21-13(22-15(16)20)9-10-17-12-8-6-7-11(3)18-12/h6-8,10,13H,4-5,9H2,1-3H3. The molecule has 0 spiro atoms. The van der Waals surface area contributed by atoms with Crippen molar-refractivity contribution in [3.8, 4) is 0 Å². The van der Waals surface area contributed by atoms with Gasteiger partial charge in [-0.15, -0.1) is 0 Å². The van der Waals surface area contributed by atoms with Gasteiger partial charge in [-0.25, -0.2) is 9.98 Å². The van der Waals surface area contributed by atoms with Crippen LogP contribution in [0.3, 0.4) is 0 Å². The van der Waals surface area contributed by atoms with E-state index in [0.29, 0.717) is 18.7 Å². The summed E-state index contributed by atoms with van der Waals surface area (Å²) in [6.45, 7) is 5.42. The van der Waals surface area contributed by atoms with Crippen molar-refractivity contribution in [1.82, 2.24) is 4.98 Å². The molecular weight excluding hydrogens is 284 g/mol. The summed E-state index contributed by atoms with van der Waals surface area (Å²) >= 11 is 0. The Kier molecular flexibility index (Phi) is 4.90. The van der Waals surface area contributed by atoms with Gasteiger partial charge in [0.1, 0.15) is 0 Å². The molecule has 2 heterocycles. The third-order valence-electron chi connectivity index (χ3n) is 3.86. The fourth-order valence-electron chi connectivity index (χ4n) is 2.33. The maximum absolute atomic E-state index is 12.1. The number of aliphatic imine (C=N–C) groups is 1. The molecule has 1 aromatic rings. The summed E-state index contributed by atoms with van der Waals surface area (Å²) in [6.07, 6.45) is 1.57. The summed E-state index contributed by atoms with van der Waals surface area (Å²) in [5.74, 6) is -0.466. The van der Waals surface area contributed by atoms with Crippen LogP contribution in [-0.2, 0) is 19.1 Å². The Labute approximate surface area is 129 Å². The van der Waals surface area contributed by atoms with Gasteiger partial charge in [0.15, 0.2) is 11.2 Å². The van der Waals surface area contributed by atoms with Crippen LogP contribution >= 0.6 is 0 Å². The van der Waals surface area contributed by atoms with Crippen molar-refractivity contribution in [1.29, 1.82) is 0 Å². The molecule has 0 unspecified atom stereocenters. The number of aryl methyl sites for hydroxylation is 1. The average Bonchev–Trinajstić information content (AvgIpc) is 2.48. The largest absolute Gasteiger partial charge is 0.424 e. The SMILES string of the molecule is CCC1(CC)C(=O)OC(CC=Nc2cccc(C)n2)OC1=O. The predicted octanol–water partition coefficient (Wildman–Crippen LogP) is 2.71. The van der Waals surface area contributed by atoms with Gasteiger partial charge in [0, 0.05) is 11.9 Å². The van der Waals surface area contributed by atoms with Gasteiger partial charge in [-0.1, -0.05) is 19.9 Å². The van der Waals surface area contributed by atoms with Crippen LogP contribution in [0.25, 0.3) is 0 Å². The second kappa shape index (κ2) is 6.68. The molecule has 1 aliphatic rings. The summed E-state index contributed by atoms with van der Waals surface area (Å²) in [5, 5.41) is 0. The molecule has 0 N–H and O–H groups in total. The van der Waals surface area contributed by atoms with Crippen LogP contribution in [0.2, 0.25) is 0 Å². The smallest absolute Gasteiger partial charge is 0.326 e. The number of carbonyl (C=O) groups is 2. The van der Waals surface area contributed by atoms with E-state index in [1.807, 2.05) is 19.1 Å². The molecule has 0 aliphatic carbocycles. The Hall–Kier alpha value is -2.24. The second-order valence-electron chi connectivity index (χ2n) is 5.21. The zero-order valence-electron chi connectivity index (χ0n) is 13.0. The maximum atomic E-state index is 12.1. The van der Waals surface area contributed by atoms with Gasteiger partial charge in [0.25, 0.3) is 6.29 Å². The minimum atomic E-state index is -1.16. The Morgan fingerprint density at radius 2 is 1.86 bits per heavy atom. The number of hydrogen-bond donors (Lipinski definition) is 0. The number of rotatable bonds is 5. The molecule has 0 aromatic carbocycles. The maximum Gasteiger partial charge on any atom is 0.326 e. The van der Waals surface area contributed by atoms with E-state index in [9.17, 15) is 9.59 Å². The van der Waals surface area contributed by atoms with Gasteiger partial charge in [-0.05, 0) is 31.9 Å². The van der Waals surface area contributed by atoms with E-state index in [-0.39, 0.29) is 6.42 Å². The minimum Gasteiger partial charge on any atom is -0.424 e. The quantitative estimate of drug-likeness (QED) is 0.475. The molecule has 0 atom stereocenters. The average molecular weight is 304 g/mol. The van der Waals surface area contributed by atoms with Gasteiger partial charge >= 0.3 is 11.9 Å². The first-order chi connectivity index (χ1) is 10.5. The number of aromatic nitrogens is 1. The number of ether oxygens (including phenoxy) is 2. The fourth-order valence-corrected chi connectivity index (χ4v) is 2.33. The molecule has 2 rings (SSSR count). The van der Waals surface area contributed by atoms with Crippen LogP contribution in [0.1, 0.15) is 38.8 Å². The molecule has 1 aromatic heterocycles. The van der Waals surface area contributed by atoms with E-state index in [1.165, 1.54) is 6.21 Å². The first-order valence-corrected chi connectivity index (χ1v) is 7.40. The third-order valence-corrected chi connectivity index (χ3v) is 3.86. The predicted molar refractivity (Wildman–Crippen MR) is 80.7 cm³/mol. The summed E-state index contributed by atoms with van der Waals surface area (Å²) in [7, 11) is 0. The molecule has 1 saturated heterocycles. The first-order valence-electron chi connectivity index (χ1n) is 7.40. The lowest BCUT2D eigenvalue weighted by atomic mass is 9.82. The van der Waals surface area contributed by atoms with E-state index in [0.717, 1.165) is 5.69 Å². The number of carbonyl (C=O) groups excluding carboxylic acids is 2. The summed E-state index contributed by atoms with van der Waals surface area (Å²) in [4.78, 5) is 32.6. The number of esters is 2. The van der Waals surface area contributed by atoms with Gasteiger partial charge in [0.2, 0.25) is 0 Å². The normalized spacial score (nSPS) is 18.3. The van der Waals surface area contributed by atoms with Crippen molar-refractivity contribution < 1.29 is 19.1 Å². The van der Waals surface area contributed by atoms with E-state index < -0.39 is 23.6 Å². The Morgan fingerprint density at radius 3 is 2.41 bits per heavy atom. The first kappa shape index (κ1) is 16.1. The van der Waals surface area contributed by atoms with Crippen molar-refractivity contribution in [2.24, 2.45) is 10.4 Å². The highest BCUT2D eigenvalue weighted by molar-refractivity contribution is 6.01. The van der Waals surface area contributed by atoms with E-state index in [4.69, 9.17) is 9.47 Å². The zero-order valence-corrected chi connectivity index (χ0v) is 13.0. The minimum absolute atomic E-state index is 0.205. The molecule has 1 aliphatic heterocycles. The second-order valence-corrected chi connectivity index (χ2v) is 5.21. The highest BCUT2D eigenvalue weighted by Crippen LogP contribution is 2.34. The zero-order chi connectivity index (χ0) is 16.2. The van der Waals surface area contributed by atoms with Crippen LogP contribution in [0.5, 0.6) is 0 Å². The van der Waals surface area contributed by atoms with Crippen molar-refractivity contribution >= 4 is 24.0 Å². The Morgan fingerprint density at radius 1 is 1.23 bits per heavy atom. The van der Waals surface area contributed by atoms with Crippen molar-refractivity contribution in [2.75, 3.05) is 0 Å². The van der Waals surface area contributed by atoms with Gasteiger partial charge < -0.3 is 9.47 Å². The van der Waals surface area contributed by atoms with Crippen LogP contribution in [0, 0.1) is 12.3 Å². The van der Waals surface area contributed by atoms with Crippen LogP contribution < -0.4 is 0 Å². The van der Waals surface area contributed by atoms with Crippen LogP contribution in [-0.4, -0.2) is 29.4 Å². The van der Waals surface area contributed by atoms with E-state index in [2.05, 4.69) is 9.98 Å². The van der Waals surface area contributed by atoms with Crippen molar-refractivity contribution in [2.45, 2.75) is 46.3 Å². The monoisotopic (exact) mass is 304 g/mol. The number of hydrogen-bond acceptors (Lipinski definition) is 6. The van der Waals surface area contributed by atoms with Gasteiger partial charge in [-0.3, -0.25) is 9.59 Å². The molecular formula is C16H20N2O4. The highest BCUT2D eigenvalue weighted by atomic mass is 16.7. The lowest BCUT2D eigenvalue weighted by Gasteiger charge is -2.34. The van der Waals surface area contributed by atoms with E-state index in [1.54, 1.807) is 19.9 Å². The molecule has 0 radical (unpaired) electrons. The highest BCUT2D eigenvalue weighted by Gasteiger charge is 2.51. The summed E-state index contributed by atoms with van der Waals surface area (Å²) < 4.78 is 10.4. The van der Waals surface area contributed by atoms with E-state index >= 15 is 0 Å². The lowest BCUT2D eigenvalue weighted by Crippen LogP contribution is -2.49. The number of nitrogens with zero attached hydrogens (tertiary/aromatic N) is 2. The molecule has 118 valence electrons. The van der Waals surface area contributed by atoms with Crippen LogP contribution in [0.4, 0.5) is 5.82 Å². The molecule has 6 heteroatoms. The van der Waals surface area contributed by atoms with Gasteiger partial charge in [0.05, 0.1) is 6.42 Å². The molecule has 0 bridgehead atoms. The summed E-state index contributed by atoms with van der Waals surface area (Å²) in [5.41, 5.74) is -0.299. The third kappa shape index (κ3) is 3.16. The lowest BCUT2D eigenvalue weighted by molar-refractivity contribution is -0.222. The fraction of sp³-hybridized carbons (Fsp3) is 0.500. The van der Waals surface area contributed by atoms with Gasteiger partial charge in [-0.2, -0.15) is 0 Å². The molecule has 6 nitrogen and oxygen atoms in total. The molecule has 22 heavy (non-hydrogen) atoms. The Balaban J connectivity index is 1.99. The summed E-state index contributed by atoms with van der Waals surface area (Å²) in [6, 6.07) is 5.49. The molecule has 1 fully saturated rings. The van der Waals surface area contributed by atoms with Crippen molar-refractivity contribution in [3.63, 3.8) is 0 Å². The van der Waals surface area contributed by atoms with Crippen LogP contribution in [0.15, 0.2) is 23.2 Å². The number of pyridine rings is 1. The molecule has 0 saturated carbocycles. The number of cyclic esters (lactones) is 2. The Bertz CT molecular complexity index is 574. The topological polar surface area (TPSA) is 77.8 Å². The molecule has 0 amide bonds.